The smallest absolute Gasteiger partial charge is 0.305 e. The van der Waals surface area contributed by atoms with Gasteiger partial charge in [-0.3, -0.25) is 4.79 Å². The third-order valence-corrected chi connectivity index (χ3v) is 4.77. The number of hydrogen-bond donors (Lipinski definition) is 2. The van der Waals surface area contributed by atoms with Gasteiger partial charge in [-0.2, -0.15) is 0 Å². The van der Waals surface area contributed by atoms with E-state index in [1.54, 1.807) is 0 Å². The van der Waals surface area contributed by atoms with Crippen LogP contribution >= 0.6 is 0 Å². The fraction of sp³-hybridized carbons (Fsp3) is 0.593. The molecule has 0 saturated heterocycles. The molecule has 4 heteroatoms. The summed E-state index contributed by atoms with van der Waals surface area (Å²) in [5.74, 6) is -0.304. The number of ether oxygens (including phenoxy) is 1. The lowest BCUT2D eigenvalue weighted by Gasteiger charge is -2.13. The van der Waals surface area contributed by atoms with Gasteiger partial charge >= 0.3 is 5.97 Å². The third kappa shape index (κ3) is 17.3. The second-order valence-electron chi connectivity index (χ2n) is 7.69. The van der Waals surface area contributed by atoms with Crippen LogP contribution in [0.3, 0.4) is 0 Å². The van der Waals surface area contributed by atoms with Crippen molar-refractivity contribution in [3.8, 4) is 0 Å². The fourth-order valence-electron chi connectivity index (χ4n) is 2.93. The molecule has 0 fully saturated rings. The molecule has 0 aromatic heterocycles. The molecule has 1 unspecified atom stereocenters. The van der Waals surface area contributed by atoms with Gasteiger partial charge in [0.05, 0.1) is 5.48 Å². The van der Waals surface area contributed by atoms with E-state index in [-0.39, 0.29) is 43.2 Å². The number of para-hydroxylation sites is 1. The lowest BCUT2D eigenvalue weighted by molar-refractivity contribution is -0.146. The van der Waals surface area contributed by atoms with Gasteiger partial charge in [0, 0.05) is 18.7 Å². The van der Waals surface area contributed by atoms with Gasteiger partial charge in [0.25, 0.3) is 0 Å². The van der Waals surface area contributed by atoms with Gasteiger partial charge in [0.1, 0.15) is 12.7 Å². The minimum absolute atomic E-state index is 0.0254. The Morgan fingerprint density at radius 3 is 2.35 bits per heavy atom. The normalized spacial score (nSPS) is 15.5. The molecule has 0 heterocycles. The van der Waals surface area contributed by atoms with E-state index in [4.69, 9.17) is 10.2 Å². The van der Waals surface area contributed by atoms with E-state index in [0.717, 1.165) is 57.1 Å². The standard InChI is InChI=1S/C27H43NO3/c1-2-3-4-5-6-7-8-9-10-11-12-13-14-15-19-22-27(30)31-24-26(29)23-28-25-20-17-16-18-21-25/h6-7,9-10,16-18,20-21,26,28-29H,2-5,8,11-15,19,22-24H2,1H3/b7-6-,10-9-/i6T,7T,9T,10T,16+2,17+2,18+2,20+2,21+2,25+2. The number of esters is 1. The molecular formula is C27H43NO3. The zero-order valence-corrected chi connectivity index (χ0v) is 19.1. The highest BCUT2D eigenvalue weighted by atomic mass is 16.5. The number of unbranched alkanes of at least 4 members (excludes halogenated alkanes) is 6. The topological polar surface area (TPSA) is 58.6 Å². The first-order valence-electron chi connectivity index (χ1n) is 13.8. The molecule has 1 atom stereocenters. The Balaban J connectivity index is 2.10. The molecule has 0 aliphatic heterocycles. The van der Waals surface area contributed by atoms with Crippen molar-refractivity contribution < 1.29 is 20.1 Å². The van der Waals surface area contributed by atoms with Gasteiger partial charge in [0.2, 0.25) is 0 Å². The molecule has 0 aliphatic rings. The highest BCUT2D eigenvalue weighted by Crippen LogP contribution is 2.09. The second kappa shape index (κ2) is 19.9. The first-order valence-corrected chi connectivity index (χ1v) is 11.8. The van der Waals surface area contributed by atoms with E-state index in [0.29, 0.717) is 25.8 Å². The average molecular weight is 450 g/mol. The number of aliphatic hydroxyl groups excluding tert-OH is 1. The molecule has 0 saturated carbocycles. The predicted octanol–water partition coefficient (Wildman–Crippen LogP) is 6.82. The summed E-state index contributed by atoms with van der Waals surface area (Å²) < 4.78 is 37.1. The maximum absolute atomic E-state index is 11.8. The number of anilines is 1. The van der Waals surface area contributed by atoms with Crippen molar-refractivity contribution in [2.45, 2.75) is 90.1 Å². The fourth-order valence-corrected chi connectivity index (χ4v) is 2.93. The van der Waals surface area contributed by atoms with Crippen LogP contribution in [0.1, 0.15) is 89.5 Å². The maximum atomic E-state index is 11.8. The van der Waals surface area contributed by atoms with Crippen LogP contribution in [0.25, 0.3) is 0 Å². The Hall–Kier alpha value is -2.07. The van der Waals surface area contributed by atoms with Crippen LogP contribution in [0.2, 0.25) is 0 Å². The van der Waals surface area contributed by atoms with Gasteiger partial charge in [-0.25, -0.2) is 0 Å². The molecule has 4 nitrogen and oxygen atoms in total. The van der Waals surface area contributed by atoms with E-state index in [1.807, 2.05) is 30.3 Å². The molecule has 0 amide bonds. The Morgan fingerprint density at radius 1 is 1.00 bits per heavy atom. The van der Waals surface area contributed by atoms with E-state index in [9.17, 15) is 9.90 Å². The second-order valence-corrected chi connectivity index (χ2v) is 7.69. The van der Waals surface area contributed by atoms with Crippen LogP contribution in [0.15, 0.2) is 54.5 Å². The molecule has 2 N–H and O–H groups in total. The van der Waals surface area contributed by atoms with Gasteiger partial charge in [-0.05, 0) is 50.7 Å². The third-order valence-electron chi connectivity index (χ3n) is 4.77. The van der Waals surface area contributed by atoms with E-state index in [1.165, 1.54) is 0 Å². The van der Waals surface area contributed by atoms with Crippen LogP contribution in [0.5, 0.6) is 0 Å². The first kappa shape index (κ1) is 20.8. The molecule has 1 aromatic carbocycles. The molecule has 0 spiro atoms. The summed E-state index contributed by atoms with van der Waals surface area (Å²) in [5, 5.41) is 13.0. The molecule has 0 bridgehead atoms. The summed E-state index contributed by atoms with van der Waals surface area (Å²) in [7, 11) is 0. The van der Waals surface area contributed by atoms with Crippen molar-refractivity contribution in [2.24, 2.45) is 0 Å². The lowest BCUT2D eigenvalue weighted by atomic mass is 10.1. The SMILES string of the molecule is [3H]/C(CCCCC)=C(\[3H])C/C([3H])=C(/[3H])CCCCCCCC(=O)OCC(O)CN[14c]1[14cH][14cH][14cH][14cH][14cH]1. The summed E-state index contributed by atoms with van der Waals surface area (Å²) in [5.41, 5.74) is 0.905. The number of allylic oxidation sites excluding steroid dienone is 4. The number of nitrogens with one attached hydrogen (secondary N) is 1. The minimum atomic E-state index is -0.761. The molecule has 1 aromatic rings. The monoisotopic (exact) mass is 449 g/mol. The highest BCUT2D eigenvalue weighted by molar-refractivity contribution is 5.69. The number of benzene rings is 1. The molecule has 31 heavy (non-hydrogen) atoms. The summed E-state index contributed by atoms with van der Waals surface area (Å²) in [6.45, 7) is 2.38. The number of aliphatic hydroxyl groups is 1. The molecular weight excluding hydrogens is 398 g/mol. The van der Waals surface area contributed by atoms with Crippen molar-refractivity contribution >= 4 is 11.7 Å². The summed E-state index contributed by atoms with van der Waals surface area (Å²) in [6, 6.07) is 10.4. The molecule has 0 radical (unpaired) electrons. The molecule has 0 aliphatic carbocycles. The maximum Gasteiger partial charge on any atom is 0.305 e. The lowest BCUT2D eigenvalue weighted by Crippen LogP contribution is -2.26. The van der Waals surface area contributed by atoms with Gasteiger partial charge in [0.15, 0.2) is 0 Å². The van der Waals surface area contributed by atoms with Crippen molar-refractivity contribution in [3.63, 3.8) is 0 Å². The van der Waals surface area contributed by atoms with Crippen LogP contribution in [0.4, 0.5) is 5.69 Å². The Bertz CT molecular complexity index is 784. The molecule has 174 valence electrons. The number of hydrogen-bond acceptors (Lipinski definition) is 4. The van der Waals surface area contributed by atoms with Gasteiger partial charge in [-0.1, -0.05) is 81.4 Å². The summed E-state index contributed by atoms with van der Waals surface area (Å²) in [6.07, 6.45) is 8.00. The van der Waals surface area contributed by atoms with Crippen LogP contribution in [-0.2, 0) is 9.53 Å². The Labute approximate surface area is 195 Å². The predicted molar refractivity (Wildman–Crippen MR) is 131 cm³/mol. The zero-order chi connectivity index (χ0) is 25.9. The first-order chi connectivity index (χ1) is 16.8. The number of carbonyl (C=O) groups is 1. The number of rotatable bonds is 19. The average Bonchev–Trinajstić information content (AvgIpc) is 2.86. The highest BCUT2D eigenvalue weighted by Gasteiger charge is 2.08. The largest absolute Gasteiger partial charge is 0.463 e. The van der Waals surface area contributed by atoms with Crippen molar-refractivity contribution in [2.75, 3.05) is 18.5 Å². The minimum Gasteiger partial charge on any atom is -0.463 e. The van der Waals surface area contributed by atoms with Gasteiger partial charge in [-0.15, -0.1) is 0 Å². The van der Waals surface area contributed by atoms with Crippen molar-refractivity contribution in [1.29, 1.82) is 0 Å². The Kier molecular flexibility index (Phi) is 13.3. The van der Waals surface area contributed by atoms with Crippen LogP contribution in [-0.4, -0.2) is 30.3 Å². The summed E-state index contributed by atoms with van der Waals surface area (Å²) in [4.78, 5) is 11.8. The van der Waals surface area contributed by atoms with Crippen LogP contribution in [0, 0.1) is 0 Å². The number of carbonyl (C=O) groups excluding carboxylic acids is 1. The van der Waals surface area contributed by atoms with Gasteiger partial charge < -0.3 is 15.2 Å². The van der Waals surface area contributed by atoms with E-state index < -0.39 is 6.10 Å². The zero-order valence-electron chi connectivity index (χ0n) is 23.1. The van der Waals surface area contributed by atoms with Crippen molar-refractivity contribution in [3.05, 3.63) is 54.5 Å². The quantitative estimate of drug-likeness (QED) is 0.138. The van der Waals surface area contributed by atoms with E-state index in [2.05, 4.69) is 12.2 Å². The Morgan fingerprint density at radius 2 is 1.65 bits per heavy atom. The summed E-state index contributed by atoms with van der Waals surface area (Å²) >= 11 is 0. The van der Waals surface area contributed by atoms with E-state index >= 15 is 0 Å². The molecule has 1 rings (SSSR count). The van der Waals surface area contributed by atoms with Crippen molar-refractivity contribution in [1.82, 2.24) is 0 Å². The van der Waals surface area contributed by atoms with Crippen LogP contribution < -0.4 is 5.32 Å².